The van der Waals surface area contributed by atoms with Crippen molar-refractivity contribution < 1.29 is 4.74 Å². The van der Waals surface area contributed by atoms with Crippen LogP contribution in [0.4, 0.5) is 0 Å². The van der Waals surface area contributed by atoms with Crippen LogP contribution in [0.5, 0.6) is 0 Å². The Hall–Kier alpha value is -1.64. The van der Waals surface area contributed by atoms with Crippen LogP contribution < -0.4 is 0 Å². The number of hydrogen-bond donors (Lipinski definition) is 0. The Balaban J connectivity index is 1.53. The third kappa shape index (κ3) is 3.06. The largest absolute Gasteiger partial charge is 0.369 e. The molecular weight excluding hydrogens is 282 g/mol. The molecule has 1 aliphatic heterocycles. The molecule has 23 heavy (non-hydrogen) atoms. The average molecular weight is 307 g/mol. The second-order valence-electron chi connectivity index (χ2n) is 7.25. The molecule has 2 nitrogen and oxygen atoms in total. The van der Waals surface area contributed by atoms with Gasteiger partial charge in [0.2, 0.25) is 0 Å². The van der Waals surface area contributed by atoms with Gasteiger partial charge >= 0.3 is 0 Å². The Morgan fingerprint density at radius 1 is 0.913 bits per heavy atom. The van der Waals surface area contributed by atoms with Gasteiger partial charge in [-0.25, -0.2) is 0 Å². The van der Waals surface area contributed by atoms with Crippen LogP contribution in [-0.4, -0.2) is 29.7 Å². The first-order valence-corrected chi connectivity index (χ1v) is 8.75. The van der Waals surface area contributed by atoms with Crippen LogP contribution in [0.1, 0.15) is 43.4 Å². The maximum atomic E-state index is 6.32. The number of benzene rings is 2. The van der Waals surface area contributed by atoms with Gasteiger partial charge in [-0.15, -0.1) is 0 Å². The van der Waals surface area contributed by atoms with Crippen molar-refractivity contribution in [3.8, 4) is 0 Å². The lowest BCUT2D eigenvalue weighted by Crippen LogP contribution is -2.63. The van der Waals surface area contributed by atoms with E-state index in [1.54, 1.807) is 0 Å². The molecule has 0 N–H and O–H groups in total. The average Bonchev–Trinajstić information content (AvgIpc) is 2.52. The normalized spacial score (nSPS) is 21.0. The van der Waals surface area contributed by atoms with E-state index in [1.165, 1.54) is 30.4 Å². The first-order chi connectivity index (χ1) is 11.2. The van der Waals surface area contributed by atoms with Crippen LogP contribution in [-0.2, 0) is 4.74 Å². The zero-order valence-corrected chi connectivity index (χ0v) is 13.8. The van der Waals surface area contributed by atoms with Gasteiger partial charge in [-0.3, -0.25) is 4.90 Å². The molecule has 2 heteroatoms. The Morgan fingerprint density at radius 2 is 1.43 bits per heavy atom. The lowest BCUT2D eigenvalue weighted by molar-refractivity contribution is -0.186. The summed E-state index contributed by atoms with van der Waals surface area (Å²) in [7, 11) is 0. The van der Waals surface area contributed by atoms with Crippen LogP contribution in [0.25, 0.3) is 0 Å². The van der Waals surface area contributed by atoms with Gasteiger partial charge in [0.1, 0.15) is 0 Å². The molecule has 2 aromatic carbocycles. The van der Waals surface area contributed by atoms with Crippen LogP contribution in [0.15, 0.2) is 60.7 Å². The molecule has 2 aliphatic rings. The minimum atomic E-state index is 0.0346. The first-order valence-electron chi connectivity index (χ1n) is 8.75. The predicted octanol–water partition coefficient (Wildman–Crippen LogP) is 4.42. The summed E-state index contributed by atoms with van der Waals surface area (Å²) in [5.41, 5.74) is 2.76. The van der Waals surface area contributed by atoms with E-state index in [1.807, 2.05) is 0 Å². The Labute approximate surface area is 139 Å². The maximum absolute atomic E-state index is 6.32. The van der Waals surface area contributed by atoms with Crippen LogP contribution in [0, 0.1) is 0 Å². The third-order valence-corrected chi connectivity index (χ3v) is 5.17. The van der Waals surface area contributed by atoms with Gasteiger partial charge in [0.05, 0.1) is 17.7 Å². The van der Waals surface area contributed by atoms with Crippen molar-refractivity contribution in [1.82, 2.24) is 4.90 Å². The molecule has 1 saturated carbocycles. The van der Waals surface area contributed by atoms with E-state index in [0.717, 1.165) is 13.1 Å². The molecule has 1 heterocycles. The molecule has 0 aromatic heterocycles. The summed E-state index contributed by atoms with van der Waals surface area (Å²) < 4.78 is 6.32. The summed E-state index contributed by atoms with van der Waals surface area (Å²) in [6.07, 6.45) is 4.34. The summed E-state index contributed by atoms with van der Waals surface area (Å²) in [6.45, 7) is 4.30. The molecule has 0 amide bonds. The lowest BCUT2D eigenvalue weighted by atomic mass is 9.87. The number of rotatable bonds is 5. The highest BCUT2D eigenvalue weighted by Crippen LogP contribution is 2.39. The fraction of sp³-hybridized carbons (Fsp3) is 0.429. The van der Waals surface area contributed by atoms with Crippen molar-refractivity contribution in [1.29, 1.82) is 0 Å². The van der Waals surface area contributed by atoms with E-state index < -0.39 is 0 Å². The second-order valence-corrected chi connectivity index (χ2v) is 7.25. The fourth-order valence-corrected chi connectivity index (χ4v) is 3.85. The molecule has 120 valence electrons. The van der Waals surface area contributed by atoms with Crippen molar-refractivity contribution in [2.24, 2.45) is 0 Å². The smallest absolute Gasteiger partial charge is 0.0911 e. The summed E-state index contributed by atoms with van der Waals surface area (Å²) in [5.74, 6) is 0. The molecule has 0 unspecified atom stereocenters. The summed E-state index contributed by atoms with van der Waals surface area (Å²) in [5, 5.41) is 0. The van der Waals surface area contributed by atoms with Crippen LogP contribution >= 0.6 is 0 Å². The Morgan fingerprint density at radius 3 is 1.87 bits per heavy atom. The minimum Gasteiger partial charge on any atom is -0.369 e. The van der Waals surface area contributed by atoms with Crippen LogP contribution in [0.2, 0.25) is 0 Å². The van der Waals surface area contributed by atoms with Gasteiger partial charge in [-0.05, 0) is 37.3 Å². The molecule has 2 fully saturated rings. The topological polar surface area (TPSA) is 12.5 Å². The Bertz CT molecular complexity index is 590. The predicted molar refractivity (Wildman–Crippen MR) is 93.4 cm³/mol. The molecule has 1 saturated heterocycles. The maximum Gasteiger partial charge on any atom is 0.0911 e. The highest BCUT2D eigenvalue weighted by Gasteiger charge is 2.45. The quantitative estimate of drug-likeness (QED) is 0.811. The van der Waals surface area contributed by atoms with Crippen molar-refractivity contribution in [2.75, 3.05) is 13.1 Å². The molecule has 0 atom stereocenters. The van der Waals surface area contributed by atoms with E-state index >= 15 is 0 Å². The van der Waals surface area contributed by atoms with Gasteiger partial charge in [0.25, 0.3) is 0 Å². The summed E-state index contributed by atoms with van der Waals surface area (Å²) >= 11 is 0. The number of hydrogen-bond acceptors (Lipinski definition) is 2. The second kappa shape index (κ2) is 6.10. The molecule has 1 aliphatic carbocycles. The van der Waals surface area contributed by atoms with Crippen molar-refractivity contribution in [2.45, 2.75) is 43.9 Å². The van der Waals surface area contributed by atoms with E-state index in [2.05, 4.69) is 72.5 Å². The molecule has 0 spiro atoms. The van der Waals surface area contributed by atoms with Gasteiger partial charge in [-0.1, -0.05) is 60.7 Å². The minimum absolute atomic E-state index is 0.0346. The van der Waals surface area contributed by atoms with Crippen LogP contribution in [0.3, 0.4) is 0 Å². The monoisotopic (exact) mass is 307 g/mol. The standard InChI is InChI=1S/C21H25NO/c1-21(23-19-13-8-14-19)15-22(16-21)20(17-9-4-2-5-10-17)18-11-6-3-7-12-18/h2-7,9-12,19-20H,8,13-16H2,1H3. The molecular formula is C21H25NO. The van der Waals surface area contributed by atoms with E-state index in [0.29, 0.717) is 12.1 Å². The number of nitrogens with zero attached hydrogens (tertiary/aromatic N) is 1. The van der Waals surface area contributed by atoms with Gasteiger partial charge in [0, 0.05) is 13.1 Å². The summed E-state index contributed by atoms with van der Waals surface area (Å²) in [6, 6.07) is 22.0. The van der Waals surface area contributed by atoms with E-state index in [4.69, 9.17) is 4.74 Å². The molecule has 0 bridgehead atoms. The first kappa shape index (κ1) is 14.9. The van der Waals surface area contributed by atoms with E-state index in [-0.39, 0.29) is 5.60 Å². The summed E-state index contributed by atoms with van der Waals surface area (Å²) in [4.78, 5) is 2.54. The fourth-order valence-electron chi connectivity index (χ4n) is 3.85. The molecule has 4 rings (SSSR count). The van der Waals surface area contributed by atoms with Gasteiger partial charge < -0.3 is 4.74 Å². The van der Waals surface area contributed by atoms with Gasteiger partial charge in [-0.2, -0.15) is 0 Å². The zero-order valence-electron chi connectivity index (χ0n) is 13.8. The number of likely N-dealkylation sites (tertiary alicyclic amines) is 1. The molecule has 2 aromatic rings. The Kier molecular flexibility index (Phi) is 3.96. The zero-order chi connectivity index (χ0) is 15.7. The van der Waals surface area contributed by atoms with Crippen molar-refractivity contribution in [3.63, 3.8) is 0 Å². The third-order valence-electron chi connectivity index (χ3n) is 5.17. The SMILES string of the molecule is CC1(OC2CCC2)CN(C(c2ccccc2)c2ccccc2)C1. The molecule has 0 radical (unpaired) electrons. The van der Waals surface area contributed by atoms with E-state index in [9.17, 15) is 0 Å². The van der Waals surface area contributed by atoms with Crippen molar-refractivity contribution >= 4 is 0 Å². The highest BCUT2D eigenvalue weighted by atomic mass is 16.5. The highest BCUT2D eigenvalue weighted by molar-refractivity contribution is 5.32. The van der Waals surface area contributed by atoms with Gasteiger partial charge in [0.15, 0.2) is 0 Å². The number of ether oxygens (including phenoxy) is 1. The lowest BCUT2D eigenvalue weighted by Gasteiger charge is -2.53. The van der Waals surface area contributed by atoms with Crippen molar-refractivity contribution in [3.05, 3.63) is 71.8 Å².